The minimum absolute atomic E-state index is 0.157. The van der Waals surface area contributed by atoms with Crippen molar-refractivity contribution in [2.24, 2.45) is 5.92 Å². The summed E-state index contributed by atoms with van der Waals surface area (Å²) in [6.45, 7) is 2.17. The second-order valence-corrected chi connectivity index (χ2v) is 4.13. The van der Waals surface area contributed by atoms with Crippen LogP contribution in [0.15, 0.2) is 22.8 Å². The van der Waals surface area contributed by atoms with Crippen molar-refractivity contribution >= 4 is 5.97 Å². The molecule has 0 aromatic carbocycles. The molecule has 0 aromatic rings. The van der Waals surface area contributed by atoms with Gasteiger partial charge in [-0.3, -0.25) is 0 Å². The van der Waals surface area contributed by atoms with Gasteiger partial charge in [0.15, 0.2) is 0 Å². The van der Waals surface area contributed by atoms with E-state index in [2.05, 4.69) is 13.0 Å². The van der Waals surface area contributed by atoms with Gasteiger partial charge in [0.2, 0.25) is 0 Å². The molecule has 0 aromatic heterocycles. The maximum atomic E-state index is 11.4. The van der Waals surface area contributed by atoms with Gasteiger partial charge in [-0.1, -0.05) is 24.1 Å². The van der Waals surface area contributed by atoms with Crippen molar-refractivity contribution in [3.05, 3.63) is 22.8 Å². The molecule has 2 heteroatoms. The minimum Gasteiger partial charge on any atom is -0.466 e. The Morgan fingerprint density at radius 3 is 3.00 bits per heavy atom. The summed E-state index contributed by atoms with van der Waals surface area (Å²) in [5.74, 6) is 0.283. The van der Waals surface area contributed by atoms with Crippen molar-refractivity contribution in [1.29, 1.82) is 0 Å². The summed E-state index contributed by atoms with van der Waals surface area (Å²) in [4.78, 5) is 11.4. The van der Waals surface area contributed by atoms with Gasteiger partial charge in [-0.15, -0.1) is 0 Å². The summed E-state index contributed by atoms with van der Waals surface area (Å²) >= 11 is 0. The van der Waals surface area contributed by atoms with Crippen molar-refractivity contribution in [3.63, 3.8) is 0 Å². The molecule has 0 saturated heterocycles. The summed E-state index contributed by atoms with van der Waals surface area (Å²) in [5.41, 5.74) is 3.90. The average molecular weight is 192 g/mol. The lowest BCUT2D eigenvalue weighted by molar-refractivity contribution is -0.136. The molecule has 14 heavy (non-hydrogen) atoms. The fourth-order valence-electron chi connectivity index (χ4n) is 2.54. The number of carbonyl (C=O) groups is 1. The van der Waals surface area contributed by atoms with E-state index >= 15 is 0 Å². The highest BCUT2D eigenvalue weighted by atomic mass is 16.5. The van der Waals surface area contributed by atoms with Gasteiger partial charge in [0.05, 0.1) is 7.11 Å². The lowest BCUT2D eigenvalue weighted by atomic mass is 9.86. The zero-order chi connectivity index (χ0) is 10.1. The topological polar surface area (TPSA) is 26.3 Å². The number of hydrogen-bond acceptors (Lipinski definition) is 2. The normalized spacial score (nSPS) is 25.9. The predicted molar refractivity (Wildman–Crippen MR) is 54.8 cm³/mol. The number of methoxy groups -OCH3 is 1. The lowest BCUT2D eigenvalue weighted by Crippen LogP contribution is -2.12. The van der Waals surface area contributed by atoms with E-state index in [4.69, 9.17) is 4.74 Å². The van der Waals surface area contributed by atoms with E-state index in [1.165, 1.54) is 31.9 Å². The molecule has 0 radical (unpaired) electrons. The largest absolute Gasteiger partial charge is 0.466 e. The maximum absolute atomic E-state index is 11.4. The minimum atomic E-state index is -0.157. The van der Waals surface area contributed by atoms with Crippen molar-refractivity contribution in [3.8, 4) is 0 Å². The highest BCUT2D eigenvalue weighted by Gasteiger charge is 2.26. The van der Waals surface area contributed by atoms with Gasteiger partial charge >= 0.3 is 5.97 Å². The quantitative estimate of drug-likeness (QED) is 0.471. The molecule has 0 spiro atoms. The van der Waals surface area contributed by atoms with Gasteiger partial charge in [0.25, 0.3) is 0 Å². The monoisotopic (exact) mass is 192 g/mol. The summed E-state index contributed by atoms with van der Waals surface area (Å²) in [6, 6.07) is 0. The van der Waals surface area contributed by atoms with Crippen LogP contribution < -0.4 is 0 Å². The molecule has 0 heterocycles. The van der Waals surface area contributed by atoms with E-state index in [-0.39, 0.29) is 5.97 Å². The molecular weight excluding hydrogens is 176 g/mol. The lowest BCUT2D eigenvalue weighted by Gasteiger charge is -2.19. The van der Waals surface area contributed by atoms with Crippen LogP contribution in [0.4, 0.5) is 0 Å². The van der Waals surface area contributed by atoms with Crippen molar-refractivity contribution in [2.75, 3.05) is 7.11 Å². The summed E-state index contributed by atoms with van der Waals surface area (Å²) in [5, 5.41) is 0. The van der Waals surface area contributed by atoms with Gasteiger partial charge in [0, 0.05) is 12.0 Å². The third-order valence-electron chi connectivity index (χ3n) is 3.23. The maximum Gasteiger partial charge on any atom is 0.333 e. The Kier molecular flexibility index (Phi) is 2.44. The standard InChI is InChI=1S/C12H16O2/c1-8-6-10(12(13)14-2)7-9-4-3-5-11(8)9/h6,8H,3-5,7H2,1-2H3. The Labute approximate surface area is 84.6 Å². The summed E-state index contributed by atoms with van der Waals surface area (Å²) in [7, 11) is 1.45. The molecule has 2 aliphatic carbocycles. The first-order chi connectivity index (χ1) is 6.72. The van der Waals surface area contributed by atoms with E-state index in [0.717, 1.165) is 12.0 Å². The predicted octanol–water partition coefficient (Wildman–Crippen LogP) is 2.61. The van der Waals surface area contributed by atoms with E-state index in [1.54, 1.807) is 5.57 Å². The van der Waals surface area contributed by atoms with Crippen LogP contribution in [-0.2, 0) is 9.53 Å². The summed E-state index contributed by atoms with van der Waals surface area (Å²) < 4.78 is 4.76. The Bertz CT molecular complexity index is 323. The summed E-state index contributed by atoms with van der Waals surface area (Å²) in [6.07, 6.45) is 6.55. The molecule has 0 aliphatic heterocycles. The van der Waals surface area contributed by atoms with Crippen LogP contribution in [0.1, 0.15) is 32.6 Å². The van der Waals surface area contributed by atoms with E-state index in [0.29, 0.717) is 5.92 Å². The number of esters is 1. The molecular formula is C12H16O2. The zero-order valence-electron chi connectivity index (χ0n) is 8.80. The molecule has 0 N–H and O–H groups in total. The first-order valence-electron chi connectivity index (χ1n) is 5.22. The van der Waals surface area contributed by atoms with E-state index in [9.17, 15) is 4.79 Å². The number of hydrogen-bond donors (Lipinski definition) is 0. The van der Waals surface area contributed by atoms with E-state index < -0.39 is 0 Å². The molecule has 1 atom stereocenters. The fraction of sp³-hybridized carbons (Fsp3) is 0.583. The van der Waals surface area contributed by atoms with Crippen LogP contribution in [0.3, 0.4) is 0 Å². The Hall–Kier alpha value is -1.05. The highest BCUT2D eigenvalue weighted by Crippen LogP contribution is 2.39. The highest BCUT2D eigenvalue weighted by molar-refractivity contribution is 5.89. The van der Waals surface area contributed by atoms with Gasteiger partial charge < -0.3 is 4.74 Å². The Morgan fingerprint density at radius 2 is 2.29 bits per heavy atom. The molecule has 2 rings (SSSR count). The first-order valence-corrected chi connectivity index (χ1v) is 5.22. The fourth-order valence-corrected chi connectivity index (χ4v) is 2.54. The third kappa shape index (κ3) is 1.49. The van der Waals surface area contributed by atoms with Crippen LogP contribution in [-0.4, -0.2) is 13.1 Å². The molecule has 0 fully saturated rings. The molecule has 1 unspecified atom stereocenters. The molecule has 2 aliphatic rings. The zero-order valence-corrected chi connectivity index (χ0v) is 8.80. The van der Waals surface area contributed by atoms with Crippen LogP contribution in [0.5, 0.6) is 0 Å². The third-order valence-corrected chi connectivity index (χ3v) is 3.23. The number of ether oxygens (including phenoxy) is 1. The van der Waals surface area contributed by atoms with Crippen molar-refractivity contribution < 1.29 is 9.53 Å². The SMILES string of the molecule is COC(=O)C1=CC(C)C2=C(CCC2)C1. The molecule has 0 bridgehead atoms. The second-order valence-electron chi connectivity index (χ2n) is 4.13. The average Bonchev–Trinajstić information content (AvgIpc) is 2.64. The van der Waals surface area contributed by atoms with Crippen LogP contribution in [0, 0.1) is 5.92 Å². The first kappa shape index (κ1) is 9.50. The Morgan fingerprint density at radius 1 is 1.50 bits per heavy atom. The van der Waals surface area contributed by atoms with Crippen molar-refractivity contribution in [2.45, 2.75) is 32.6 Å². The number of rotatable bonds is 1. The smallest absolute Gasteiger partial charge is 0.333 e. The van der Waals surface area contributed by atoms with Gasteiger partial charge in [-0.05, 0) is 25.2 Å². The van der Waals surface area contributed by atoms with Gasteiger partial charge in [-0.25, -0.2) is 4.79 Å². The van der Waals surface area contributed by atoms with Gasteiger partial charge in [0.1, 0.15) is 0 Å². The van der Waals surface area contributed by atoms with Crippen LogP contribution >= 0.6 is 0 Å². The second kappa shape index (κ2) is 3.60. The van der Waals surface area contributed by atoms with Crippen LogP contribution in [0.25, 0.3) is 0 Å². The van der Waals surface area contributed by atoms with Crippen molar-refractivity contribution in [1.82, 2.24) is 0 Å². The molecule has 76 valence electrons. The molecule has 0 amide bonds. The molecule has 0 saturated carbocycles. The number of carbonyl (C=O) groups excluding carboxylic acids is 1. The number of allylic oxidation sites excluding steroid dienone is 3. The van der Waals surface area contributed by atoms with E-state index in [1.807, 2.05) is 0 Å². The van der Waals surface area contributed by atoms with Crippen LogP contribution in [0.2, 0.25) is 0 Å². The van der Waals surface area contributed by atoms with Gasteiger partial charge in [-0.2, -0.15) is 0 Å². The Balaban J connectivity index is 2.19. The molecule has 2 nitrogen and oxygen atoms in total.